The van der Waals surface area contributed by atoms with Crippen LogP contribution in [0.2, 0.25) is 0 Å². The monoisotopic (exact) mass is 132 g/mol. The number of hydrogen-bond donors (Lipinski definition) is 0. The van der Waals surface area contributed by atoms with Crippen LogP contribution in [0.25, 0.3) is 0 Å². The van der Waals surface area contributed by atoms with Gasteiger partial charge in [-0.25, -0.2) is 0 Å². The zero-order valence-corrected chi connectivity index (χ0v) is 6.30. The maximum Gasteiger partial charge on any atom is 0.0106 e. The smallest absolute Gasteiger partial charge is 0.0106 e. The second-order valence-electron chi connectivity index (χ2n) is 3.33. The first-order chi connectivity index (χ1) is 4.81. The van der Waals surface area contributed by atoms with E-state index < -0.39 is 0 Å². The van der Waals surface area contributed by atoms with Gasteiger partial charge in [0.05, 0.1) is 0 Å². The van der Waals surface area contributed by atoms with Gasteiger partial charge < -0.3 is 0 Å². The Kier molecular flexibility index (Phi) is 1.10. The first kappa shape index (κ1) is 5.96. The quantitative estimate of drug-likeness (QED) is 0.475. The largest absolute Gasteiger partial charge is 0.0804 e. The predicted molar refractivity (Wildman–Crippen MR) is 43.7 cm³/mol. The molecule has 2 rings (SSSR count). The summed E-state index contributed by atoms with van der Waals surface area (Å²) in [7, 11) is 0. The maximum absolute atomic E-state index is 2.35. The van der Waals surface area contributed by atoms with E-state index in [0.717, 1.165) is 0 Å². The summed E-state index contributed by atoms with van der Waals surface area (Å²) in [4.78, 5) is 0. The van der Waals surface area contributed by atoms with E-state index in [1.807, 2.05) is 0 Å². The summed E-state index contributed by atoms with van der Waals surface area (Å²) in [6, 6.07) is 0. The summed E-state index contributed by atoms with van der Waals surface area (Å²) in [5.41, 5.74) is 1.89. The van der Waals surface area contributed by atoms with Gasteiger partial charge in [0, 0.05) is 5.41 Å². The molecule has 1 unspecified atom stereocenters. The Hall–Kier alpha value is -0.780. The molecule has 0 aliphatic heterocycles. The van der Waals surface area contributed by atoms with Gasteiger partial charge >= 0.3 is 0 Å². The number of allylic oxidation sites excluding steroid dienone is 6. The molecule has 0 aromatic carbocycles. The van der Waals surface area contributed by atoms with Crippen molar-refractivity contribution in [1.29, 1.82) is 0 Å². The molecule has 0 bridgehead atoms. The predicted octanol–water partition coefficient (Wildman–Crippen LogP) is 2.84. The van der Waals surface area contributed by atoms with E-state index in [2.05, 4.69) is 37.3 Å². The second kappa shape index (κ2) is 1.85. The van der Waals surface area contributed by atoms with Gasteiger partial charge in [0.15, 0.2) is 0 Å². The van der Waals surface area contributed by atoms with E-state index in [9.17, 15) is 0 Å². The highest BCUT2D eigenvalue weighted by Gasteiger charge is 2.28. The van der Waals surface area contributed by atoms with Crippen LogP contribution in [0, 0.1) is 5.41 Å². The van der Waals surface area contributed by atoms with Crippen LogP contribution in [-0.2, 0) is 0 Å². The molecular formula is C10H12. The van der Waals surface area contributed by atoms with Crippen LogP contribution in [0.15, 0.2) is 36.0 Å². The molecule has 0 N–H and O–H groups in total. The van der Waals surface area contributed by atoms with Crippen molar-refractivity contribution in [2.75, 3.05) is 0 Å². The van der Waals surface area contributed by atoms with E-state index in [1.54, 1.807) is 0 Å². The molecule has 2 aliphatic rings. The average Bonchev–Trinajstić information content (AvgIpc) is 2.29. The highest BCUT2D eigenvalue weighted by molar-refractivity contribution is 5.40. The van der Waals surface area contributed by atoms with Crippen LogP contribution in [0.5, 0.6) is 0 Å². The van der Waals surface area contributed by atoms with E-state index in [4.69, 9.17) is 0 Å². The Balaban J connectivity index is 2.43. The molecule has 0 heterocycles. The summed E-state index contributed by atoms with van der Waals surface area (Å²) < 4.78 is 0. The molecule has 0 aromatic heterocycles. The summed E-state index contributed by atoms with van der Waals surface area (Å²) in [6.07, 6.45) is 13.7. The minimum atomic E-state index is 0.384. The van der Waals surface area contributed by atoms with Crippen LogP contribution < -0.4 is 0 Å². The molecular weight excluding hydrogens is 120 g/mol. The summed E-state index contributed by atoms with van der Waals surface area (Å²) in [5, 5.41) is 0. The zero-order chi connectivity index (χ0) is 7.03. The van der Waals surface area contributed by atoms with E-state index >= 15 is 0 Å². The van der Waals surface area contributed by atoms with Crippen molar-refractivity contribution < 1.29 is 0 Å². The van der Waals surface area contributed by atoms with Crippen LogP contribution in [0.4, 0.5) is 0 Å². The molecule has 0 saturated heterocycles. The third-order valence-electron chi connectivity index (χ3n) is 2.54. The zero-order valence-electron chi connectivity index (χ0n) is 6.30. The lowest BCUT2D eigenvalue weighted by molar-refractivity contribution is 0.516. The van der Waals surface area contributed by atoms with Crippen molar-refractivity contribution in [3.05, 3.63) is 36.0 Å². The Labute approximate surface area is 61.9 Å². The van der Waals surface area contributed by atoms with Crippen LogP contribution in [-0.4, -0.2) is 0 Å². The van der Waals surface area contributed by atoms with E-state index in [1.165, 1.54) is 18.4 Å². The molecule has 0 saturated carbocycles. The lowest BCUT2D eigenvalue weighted by Gasteiger charge is -2.23. The van der Waals surface area contributed by atoms with Gasteiger partial charge in [-0.2, -0.15) is 0 Å². The molecule has 0 nitrogen and oxygen atoms in total. The fraction of sp³-hybridized carbons (Fsp3) is 0.400. The Morgan fingerprint density at radius 3 is 3.10 bits per heavy atom. The normalized spacial score (nSPS) is 35.9. The molecule has 1 atom stereocenters. The van der Waals surface area contributed by atoms with Gasteiger partial charge in [0.2, 0.25) is 0 Å². The van der Waals surface area contributed by atoms with Crippen LogP contribution in [0.3, 0.4) is 0 Å². The molecule has 0 aromatic rings. The van der Waals surface area contributed by atoms with Crippen molar-refractivity contribution in [2.24, 2.45) is 5.41 Å². The minimum Gasteiger partial charge on any atom is -0.0804 e. The Morgan fingerprint density at radius 1 is 1.40 bits per heavy atom. The molecule has 0 heteroatoms. The molecule has 0 radical (unpaired) electrons. The number of rotatable bonds is 0. The molecule has 0 spiro atoms. The fourth-order valence-electron chi connectivity index (χ4n) is 1.77. The SMILES string of the molecule is CC12C=CC=CC1=CCC2. The van der Waals surface area contributed by atoms with Crippen molar-refractivity contribution >= 4 is 0 Å². The average molecular weight is 132 g/mol. The summed E-state index contributed by atoms with van der Waals surface area (Å²) >= 11 is 0. The number of fused-ring (bicyclic) bond motifs is 1. The molecule has 10 heavy (non-hydrogen) atoms. The van der Waals surface area contributed by atoms with Gasteiger partial charge in [-0.1, -0.05) is 37.3 Å². The minimum absolute atomic E-state index is 0.384. The first-order valence-electron chi connectivity index (χ1n) is 3.88. The molecule has 52 valence electrons. The standard InChI is InChI=1S/C10H12/c1-10-7-3-2-5-9(10)6-4-8-10/h2-3,5-7H,4,8H2,1H3. The first-order valence-corrected chi connectivity index (χ1v) is 3.88. The molecule has 2 aliphatic carbocycles. The van der Waals surface area contributed by atoms with E-state index in [-0.39, 0.29) is 0 Å². The van der Waals surface area contributed by atoms with Gasteiger partial charge in [-0.15, -0.1) is 0 Å². The lowest BCUT2D eigenvalue weighted by atomic mass is 9.81. The lowest BCUT2D eigenvalue weighted by Crippen LogP contribution is -2.11. The summed E-state index contributed by atoms with van der Waals surface area (Å²) in [5.74, 6) is 0. The van der Waals surface area contributed by atoms with Crippen molar-refractivity contribution in [3.8, 4) is 0 Å². The molecule has 0 fully saturated rings. The Morgan fingerprint density at radius 2 is 2.30 bits per heavy atom. The van der Waals surface area contributed by atoms with E-state index in [0.29, 0.717) is 5.41 Å². The van der Waals surface area contributed by atoms with Gasteiger partial charge in [0.25, 0.3) is 0 Å². The van der Waals surface area contributed by atoms with Gasteiger partial charge in [-0.3, -0.25) is 0 Å². The highest BCUT2D eigenvalue weighted by Crippen LogP contribution is 2.42. The van der Waals surface area contributed by atoms with Crippen molar-refractivity contribution in [2.45, 2.75) is 19.8 Å². The fourth-order valence-corrected chi connectivity index (χ4v) is 1.77. The summed E-state index contributed by atoms with van der Waals surface area (Å²) in [6.45, 7) is 2.31. The van der Waals surface area contributed by atoms with Gasteiger partial charge in [-0.05, 0) is 18.4 Å². The van der Waals surface area contributed by atoms with Crippen molar-refractivity contribution in [3.63, 3.8) is 0 Å². The van der Waals surface area contributed by atoms with Crippen LogP contribution in [0.1, 0.15) is 19.8 Å². The van der Waals surface area contributed by atoms with Crippen molar-refractivity contribution in [1.82, 2.24) is 0 Å². The topological polar surface area (TPSA) is 0 Å². The maximum atomic E-state index is 2.35. The number of hydrogen-bond acceptors (Lipinski definition) is 0. The van der Waals surface area contributed by atoms with Gasteiger partial charge in [0.1, 0.15) is 0 Å². The van der Waals surface area contributed by atoms with Crippen LogP contribution >= 0.6 is 0 Å². The molecule has 0 amide bonds. The Bertz CT molecular complexity index is 230. The highest BCUT2D eigenvalue weighted by atomic mass is 14.3. The third kappa shape index (κ3) is 0.683. The third-order valence-corrected chi connectivity index (χ3v) is 2.54. The second-order valence-corrected chi connectivity index (χ2v) is 3.33.